The van der Waals surface area contributed by atoms with Gasteiger partial charge in [-0.2, -0.15) is 0 Å². The van der Waals surface area contributed by atoms with Crippen molar-refractivity contribution in [3.63, 3.8) is 0 Å². The standard InChI is InChI=1S/C13H21NO/c1-2-3-6-9-14-13(15)12-10-7-4-5-8-11(10)12/h2-3,10-12H,4-9H2,1H3,(H,14,15)/b3-2+. The summed E-state index contributed by atoms with van der Waals surface area (Å²) in [7, 11) is 0. The highest BCUT2D eigenvalue weighted by Gasteiger charge is 2.54. The van der Waals surface area contributed by atoms with Crippen molar-refractivity contribution in [1.29, 1.82) is 0 Å². The third-order valence-corrected chi connectivity index (χ3v) is 3.81. The lowest BCUT2D eigenvalue weighted by Gasteiger charge is -2.04. The second-order valence-electron chi connectivity index (χ2n) is 4.79. The van der Waals surface area contributed by atoms with Crippen molar-refractivity contribution in [3.05, 3.63) is 12.2 Å². The number of fused-ring (bicyclic) bond motifs is 1. The van der Waals surface area contributed by atoms with Crippen LogP contribution in [0.1, 0.15) is 39.0 Å². The molecule has 2 nitrogen and oxygen atoms in total. The molecule has 0 bridgehead atoms. The monoisotopic (exact) mass is 207 g/mol. The second kappa shape index (κ2) is 4.82. The van der Waals surface area contributed by atoms with Crippen LogP contribution in [-0.4, -0.2) is 12.5 Å². The number of rotatable bonds is 4. The quantitative estimate of drug-likeness (QED) is 0.557. The van der Waals surface area contributed by atoms with Gasteiger partial charge in [-0.15, -0.1) is 0 Å². The van der Waals surface area contributed by atoms with Gasteiger partial charge in [0.15, 0.2) is 0 Å². The van der Waals surface area contributed by atoms with E-state index in [1.807, 2.05) is 13.0 Å². The Balaban J connectivity index is 1.69. The Morgan fingerprint density at radius 1 is 1.33 bits per heavy atom. The molecule has 0 heterocycles. The highest BCUT2D eigenvalue weighted by Crippen LogP contribution is 2.55. The lowest BCUT2D eigenvalue weighted by Crippen LogP contribution is -2.26. The number of nitrogens with one attached hydrogen (secondary N) is 1. The van der Waals surface area contributed by atoms with Crippen LogP contribution in [0.3, 0.4) is 0 Å². The molecule has 1 amide bonds. The first-order chi connectivity index (χ1) is 7.34. The van der Waals surface area contributed by atoms with Gasteiger partial charge in [-0.3, -0.25) is 4.79 Å². The number of carbonyl (C=O) groups is 1. The predicted molar refractivity (Wildman–Crippen MR) is 61.4 cm³/mol. The van der Waals surface area contributed by atoms with Gasteiger partial charge in [0.25, 0.3) is 0 Å². The summed E-state index contributed by atoms with van der Waals surface area (Å²) in [6.45, 7) is 2.82. The minimum atomic E-state index is 0.316. The summed E-state index contributed by atoms with van der Waals surface area (Å²) in [6, 6.07) is 0. The van der Waals surface area contributed by atoms with Crippen LogP contribution in [-0.2, 0) is 4.79 Å². The van der Waals surface area contributed by atoms with Crippen LogP contribution in [0.4, 0.5) is 0 Å². The van der Waals surface area contributed by atoms with Crippen molar-refractivity contribution in [3.8, 4) is 0 Å². The van der Waals surface area contributed by atoms with Crippen LogP contribution in [0.15, 0.2) is 12.2 Å². The van der Waals surface area contributed by atoms with Crippen molar-refractivity contribution >= 4 is 5.91 Å². The fraction of sp³-hybridized carbons (Fsp3) is 0.769. The number of hydrogen-bond acceptors (Lipinski definition) is 1. The normalized spacial score (nSPS) is 33.8. The fourth-order valence-electron chi connectivity index (χ4n) is 2.94. The lowest BCUT2D eigenvalue weighted by atomic mass is 10.0. The first-order valence-electron chi connectivity index (χ1n) is 6.23. The molecule has 0 aromatic carbocycles. The average molecular weight is 207 g/mol. The van der Waals surface area contributed by atoms with E-state index in [9.17, 15) is 4.79 Å². The molecule has 0 spiro atoms. The minimum absolute atomic E-state index is 0.316. The molecule has 2 unspecified atom stereocenters. The zero-order valence-corrected chi connectivity index (χ0v) is 9.54. The minimum Gasteiger partial charge on any atom is -0.356 e. The first kappa shape index (κ1) is 10.7. The SMILES string of the molecule is C/C=C/CCNC(=O)C1C2CCCCC21. The van der Waals surface area contributed by atoms with E-state index in [-0.39, 0.29) is 0 Å². The van der Waals surface area contributed by atoms with Crippen molar-refractivity contribution in [1.82, 2.24) is 5.32 Å². The van der Waals surface area contributed by atoms with E-state index in [0.29, 0.717) is 11.8 Å². The van der Waals surface area contributed by atoms with E-state index in [1.165, 1.54) is 25.7 Å². The molecular formula is C13H21NO. The fourth-order valence-corrected chi connectivity index (χ4v) is 2.94. The van der Waals surface area contributed by atoms with Gasteiger partial charge in [0.1, 0.15) is 0 Å². The average Bonchev–Trinajstić information content (AvgIpc) is 2.98. The third kappa shape index (κ3) is 2.42. The Kier molecular flexibility index (Phi) is 3.45. The Bertz CT molecular complexity index is 247. The van der Waals surface area contributed by atoms with Crippen LogP contribution in [0, 0.1) is 17.8 Å². The molecule has 2 saturated carbocycles. The van der Waals surface area contributed by atoms with Crippen LogP contribution in [0.25, 0.3) is 0 Å². The summed E-state index contributed by atoms with van der Waals surface area (Å²) in [5, 5.41) is 3.05. The number of amides is 1. The van der Waals surface area contributed by atoms with E-state index in [4.69, 9.17) is 0 Å². The number of allylic oxidation sites excluding steroid dienone is 1. The van der Waals surface area contributed by atoms with Crippen LogP contribution >= 0.6 is 0 Å². The van der Waals surface area contributed by atoms with Crippen LogP contribution < -0.4 is 5.32 Å². The van der Waals surface area contributed by atoms with Crippen molar-refractivity contribution in [2.75, 3.05) is 6.54 Å². The molecule has 0 aromatic heterocycles. The molecule has 2 aliphatic rings. The van der Waals surface area contributed by atoms with Gasteiger partial charge in [0.05, 0.1) is 0 Å². The molecule has 15 heavy (non-hydrogen) atoms. The Morgan fingerprint density at radius 3 is 2.60 bits per heavy atom. The Labute approximate surface area is 92.1 Å². The molecule has 0 radical (unpaired) electrons. The molecule has 84 valence electrons. The largest absolute Gasteiger partial charge is 0.356 e. The molecule has 0 saturated heterocycles. The molecule has 2 rings (SSSR count). The number of carbonyl (C=O) groups excluding carboxylic acids is 1. The summed E-state index contributed by atoms with van der Waals surface area (Å²) in [6.07, 6.45) is 10.3. The predicted octanol–water partition coefficient (Wildman–Crippen LogP) is 2.51. The highest BCUT2D eigenvalue weighted by molar-refractivity contribution is 5.82. The first-order valence-corrected chi connectivity index (χ1v) is 6.23. The molecule has 0 aliphatic heterocycles. The molecule has 1 N–H and O–H groups in total. The van der Waals surface area contributed by atoms with Gasteiger partial charge in [-0.25, -0.2) is 0 Å². The third-order valence-electron chi connectivity index (χ3n) is 3.81. The zero-order valence-electron chi connectivity index (χ0n) is 9.54. The van der Waals surface area contributed by atoms with Crippen LogP contribution in [0.2, 0.25) is 0 Å². The van der Waals surface area contributed by atoms with Gasteiger partial charge >= 0.3 is 0 Å². The maximum atomic E-state index is 11.8. The smallest absolute Gasteiger partial charge is 0.223 e. The molecular weight excluding hydrogens is 186 g/mol. The zero-order chi connectivity index (χ0) is 10.7. The van der Waals surface area contributed by atoms with Gasteiger partial charge in [0.2, 0.25) is 5.91 Å². The van der Waals surface area contributed by atoms with E-state index in [1.54, 1.807) is 0 Å². The van der Waals surface area contributed by atoms with E-state index in [0.717, 1.165) is 24.8 Å². The van der Waals surface area contributed by atoms with E-state index in [2.05, 4.69) is 11.4 Å². The summed E-state index contributed by atoms with van der Waals surface area (Å²) < 4.78 is 0. The van der Waals surface area contributed by atoms with Gasteiger partial charge < -0.3 is 5.32 Å². The molecule has 0 aromatic rings. The summed E-state index contributed by atoms with van der Waals surface area (Å²) >= 11 is 0. The Morgan fingerprint density at radius 2 is 2.00 bits per heavy atom. The van der Waals surface area contributed by atoms with Gasteiger partial charge in [-0.05, 0) is 38.0 Å². The van der Waals surface area contributed by atoms with Crippen molar-refractivity contribution in [2.24, 2.45) is 17.8 Å². The lowest BCUT2D eigenvalue weighted by molar-refractivity contribution is -0.122. The molecule has 2 atom stereocenters. The second-order valence-corrected chi connectivity index (χ2v) is 4.79. The summed E-state index contributed by atoms with van der Waals surface area (Å²) in [5.41, 5.74) is 0. The maximum Gasteiger partial charge on any atom is 0.223 e. The topological polar surface area (TPSA) is 29.1 Å². The van der Waals surface area contributed by atoms with E-state index < -0.39 is 0 Å². The van der Waals surface area contributed by atoms with Gasteiger partial charge in [0, 0.05) is 12.5 Å². The van der Waals surface area contributed by atoms with Crippen molar-refractivity contribution in [2.45, 2.75) is 39.0 Å². The van der Waals surface area contributed by atoms with Crippen molar-refractivity contribution < 1.29 is 4.79 Å². The highest BCUT2D eigenvalue weighted by atomic mass is 16.2. The molecule has 2 heteroatoms. The van der Waals surface area contributed by atoms with Crippen LogP contribution in [0.5, 0.6) is 0 Å². The Hall–Kier alpha value is -0.790. The number of hydrogen-bond donors (Lipinski definition) is 1. The maximum absolute atomic E-state index is 11.8. The van der Waals surface area contributed by atoms with E-state index >= 15 is 0 Å². The summed E-state index contributed by atoms with van der Waals surface area (Å²) in [4.78, 5) is 11.8. The van der Waals surface area contributed by atoms with Gasteiger partial charge in [-0.1, -0.05) is 25.0 Å². The summed E-state index contributed by atoms with van der Waals surface area (Å²) in [5.74, 6) is 2.16. The molecule has 2 aliphatic carbocycles. The molecule has 2 fully saturated rings.